The molecule has 2 fully saturated rings. The van der Waals surface area contributed by atoms with Gasteiger partial charge in [-0.25, -0.2) is 18.0 Å². The van der Waals surface area contributed by atoms with Crippen LogP contribution in [0, 0.1) is 17.5 Å². The average Bonchev–Trinajstić information content (AvgIpc) is 3.35. The van der Waals surface area contributed by atoms with Crippen molar-refractivity contribution in [1.29, 1.82) is 0 Å². The van der Waals surface area contributed by atoms with E-state index >= 15 is 0 Å². The van der Waals surface area contributed by atoms with Crippen molar-refractivity contribution in [3.63, 3.8) is 0 Å². The molecule has 168 valence electrons. The number of carbonyl (C=O) groups excluding carboxylic acids is 1. The molecule has 2 aromatic carbocycles. The van der Waals surface area contributed by atoms with E-state index in [2.05, 4.69) is 9.88 Å². The number of hydrogen-bond donors (Lipinski definition) is 1. The summed E-state index contributed by atoms with van der Waals surface area (Å²) in [5.74, 6) is -4.26. The second kappa shape index (κ2) is 8.12. The molecule has 6 nitrogen and oxygen atoms in total. The van der Waals surface area contributed by atoms with Crippen molar-refractivity contribution < 1.29 is 22.4 Å². The van der Waals surface area contributed by atoms with Crippen molar-refractivity contribution in [1.82, 2.24) is 14.8 Å². The van der Waals surface area contributed by atoms with Gasteiger partial charge in [0.1, 0.15) is 0 Å². The smallest absolute Gasteiger partial charge is 0.408 e. The Morgan fingerprint density at radius 3 is 2.53 bits per heavy atom. The molecule has 0 saturated carbocycles. The normalized spacial score (nSPS) is 20.5. The SMILES string of the molecule is O=C1[C@H](N2CCC(c3ccc4[nH]c(=O)oc4c3)CC2)CCN1Cc1ccc(F)c(F)c1F. The summed E-state index contributed by atoms with van der Waals surface area (Å²) in [5, 5.41) is 0. The number of benzene rings is 2. The lowest BCUT2D eigenvalue weighted by Crippen LogP contribution is -2.45. The number of aromatic nitrogens is 1. The summed E-state index contributed by atoms with van der Waals surface area (Å²) in [4.78, 5) is 30.6. The minimum atomic E-state index is -1.51. The van der Waals surface area contributed by atoms with Crippen LogP contribution in [-0.4, -0.2) is 46.4 Å². The van der Waals surface area contributed by atoms with Crippen LogP contribution in [0.25, 0.3) is 11.1 Å². The van der Waals surface area contributed by atoms with Crippen molar-refractivity contribution in [2.45, 2.75) is 37.8 Å². The molecule has 1 N–H and O–H groups in total. The number of aromatic amines is 1. The molecule has 5 rings (SSSR count). The van der Waals surface area contributed by atoms with Gasteiger partial charge in [0.25, 0.3) is 0 Å². The summed E-state index contributed by atoms with van der Waals surface area (Å²) >= 11 is 0. The van der Waals surface area contributed by atoms with E-state index in [0.29, 0.717) is 30.0 Å². The Balaban J connectivity index is 1.22. The van der Waals surface area contributed by atoms with Crippen LogP contribution in [0.2, 0.25) is 0 Å². The van der Waals surface area contributed by atoms with Gasteiger partial charge in [0.15, 0.2) is 23.0 Å². The van der Waals surface area contributed by atoms with E-state index in [1.807, 2.05) is 18.2 Å². The summed E-state index contributed by atoms with van der Waals surface area (Å²) in [6.45, 7) is 1.86. The van der Waals surface area contributed by atoms with Gasteiger partial charge in [0.2, 0.25) is 5.91 Å². The monoisotopic (exact) mass is 445 g/mol. The van der Waals surface area contributed by atoms with E-state index in [4.69, 9.17) is 4.42 Å². The molecular formula is C23H22F3N3O3. The van der Waals surface area contributed by atoms with Crippen LogP contribution < -0.4 is 5.76 Å². The molecule has 1 aromatic heterocycles. The van der Waals surface area contributed by atoms with Gasteiger partial charge in [-0.15, -0.1) is 0 Å². The van der Waals surface area contributed by atoms with E-state index in [1.54, 1.807) is 0 Å². The fourth-order valence-corrected chi connectivity index (χ4v) is 4.87. The van der Waals surface area contributed by atoms with Crippen LogP contribution in [0.15, 0.2) is 39.5 Å². The van der Waals surface area contributed by atoms with Crippen LogP contribution in [0.4, 0.5) is 13.2 Å². The van der Waals surface area contributed by atoms with Gasteiger partial charge in [0, 0.05) is 18.7 Å². The van der Waals surface area contributed by atoms with Crippen molar-refractivity contribution >= 4 is 17.0 Å². The van der Waals surface area contributed by atoms with E-state index < -0.39 is 23.2 Å². The first-order chi connectivity index (χ1) is 15.4. The first-order valence-corrected chi connectivity index (χ1v) is 10.7. The topological polar surface area (TPSA) is 69.5 Å². The van der Waals surface area contributed by atoms with Gasteiger partial charge in [0.05, 0.1) is 11.6 Å². The summed E-state index contributed by atoms with van der Waals surface area (Å²) in [7, 11) is 0. The van der Waals surface area contributed by atoms with Gasteiger partial charge in [-0.1, -0.05) is 12.1 Å². The number of nitrogens with zero attached hydrogens (tertiary/aromatic N) is 2. The Morgan fingerprint density at radius 2 is 1.75 bits per heavy atom. The van der Waals surface area contributed by atoms with Gasteiger partial charge in [-0.05, 0) is 62.0 Å². The lowest BCUT2D eigenvalue weighted by atomic mass is 9.88. The second-order valence-electron chi connectivity index (χ2n) is 8.48. The molecule has 32 heavy (non-hydrogen) atoms. The maximum Gasteiger partial charge on any atom is 0.417 e. The molecule has 0 spiro atoms. The number of halogens is 3. The van der Waals surface area contributed by atoms with Crippen LogP contribution in [0.5, 0.6) is 0 Å². The minimum absolute atomic E-state index is 0.0246. The zero-order valence-electron chi connectivity index (χ0n) is 17.2. The highest BCUT2D eigenvalue weighted by Gasteiger charge is 2.38. The third kappa shape index (κ3) is 3.70. The average molecular weight is 445 g/mol. The minimum Gasteiger partial charge on any atom is -0.408 e. The maximum absolute atomic E-state index is 14.0. The molecule has 0 radical (unpaired) electrons. The largest absolute Gasteiger partial charge is 0.417 e. The van der Waals surface area contributed by atoms with Crippen molar-refractivity contribution in [3.05, 3.63) is 69.5 Å². The third-order valence-corrected chi connectivity index (χ3v) is 6.63. The lowest BCUT2D eigenvalue weighted by Gasteiger charge is -2.35. The molecule has 0 bridgehead atoms. The number of rotatable bonds is 4. The number of carbonyl (C=O) groups is 1. The quantitative estimate of drug-likeness (QED) is 0.624. The highest BCUT2D eigenvalue weighted by atomic mass is 19.2. The molecule has 3 heterocycles. The van der Waals surface area contributed by atoms with Crippen molar-refractivity contribution in [2.24, 2.45) is 0 Å². The van der Waals surface area contributed by atoms with E-state index in [9.17, 15) is 22.8 Å². The highest BCUT2D eigenvalue weighted by Crippen LogP contribution is 2.32. The van der Waals surface area contributed by atoms with Gasteiger partial charge in [-0.2, -0.15) is 0 Å². The number of H-pyrrole nitrogens is 1. The molecule has 3 aromatic rings. The van der Waals surface area contributed by atoms with E-state index in [-0.39, 0.29) is 24.1 Å². The fourth-order valence-electron chi connectivity index (χ4n) is 4.87. The van der Waals surface area contributed by atoms with Crippen LogP contribution in [-0.2, 0) is 11.3 Å². The summed E-state index contributed by atoms with van der Waals surface area (Å²) in [6.07, 6.45) is 2.35. The Labute approximate surface area is 181 Å². The lowest BCUT2D eigenvalue weighted by molar-refractivity contribution is -0.133. The van der Waals surface area contributed by atoms with Crippen LogP contribution in [0.3, 0.4) is 0 Å². The Kier molecular flexibility index (Phi) is 5.28. The molecule has 2 aliphatic rings. The summed E-state index contributed by atoms with van der Waals surface area (Å²) < 4.78 is 45.8. The Bertz CT molecular complexity index is 1230. The molecule has 0 aliphatic carbocycles. The molecule has 2 saturated heterocycles. The Hall–Kier alpha value is -3.07. The molecule has 1 amide bonds. The predicted octanol–water partition coefficient (Wildman–Crippen LogP) is 3.52. The fraction of sp³-hybridized carbons (Fsp3) is 0.391. The van der Waals surface area contributed by atoms with Crippen molar-refractivity contribution in [2.75, 3.05) is 19.6 Å². The highest BCUT2D eigenvalue weighted by molar-refractivity contribution is 5.84. The number of piperidine rings is 1. The van der Waals surface area contributed by atoms with E-state index in [0.717, 1.165) is 37.6 Å². The number of amides is 1. The number of fused-ring (bicyclic) bond motifs is 1. The second-order valence-corrected chi connectivity index (χ2v) is 8.48. The summed E-state index contributed by atoms with van der Waals surface area (Å²) in [5.41, 5.74) is 2.29. The third-order valence-electron chi connectivity index (χ3n) is 6.63. The maximum atomic E-state index is 14.0. The first-order valence-electron chi connectivity index (χ1n) is 10.7. The van der Waals surface area contributed by atoms with E-state index in [1.165, 1.54) is 11.0 Å². The first kappa shape index (κ1) is 20.8. The van der Waals surface area contributed by atoms with Gasteiger partial charge < -0.3 is 9.32 Å². The predicted molar refractivity (Wildman–Crippen MR) is 111 cm³/mol. The van der Waals surface area contributed by atoms with Crippen LogP contribution in [0.1, 0.15) is 36.3 Å². The standard InChI is InChI=1S/C23H22F3N3O3/c24-16-3-1-15(20(25)21(16)26)12-29-10-7-18(22(29)30)28-8-5-13(6-9-28)14-2-4-17-19(11-14)32-23(31)27-17/h1-4,11,13,18H,5-10,12H2,(H,27,31)/t18-/m1/s1. The zero-order valence-corrected chi connectivity index (χ0v) is 17.2. The summed E-state index contributed by atoms with van der Waals surface area (Å²) in [6, 6.07) is 7.52. The van der Waals surface area contributed by atoms with Crippen LogP contribution >= 0.6 is 0 Å². The van der Waals surface area contributed by atoms with Gasteiger partial charge in [-0.3, -0.25) is 14.7 Å². The van der Waals surface area contributed by atoms with Crippen molar-refractivity contribution in [3.8, 4) is 0 Å². The molecule has 2 aliphatic heterocycles. The molecule has 0 unspecified atom stereocenters. The molecule has 1 atom stereocenters. The molecular weight excluding hydrogens is 423 g/mol. The number of nitrogens with one attached hydrogen (secondary N) is 1. The number of likely N-dealkylation sites (tertiary alicyclic amines) is 2. The number of hydrogen-bond acceptors (Lipinski definition) is 4. The Morgan fingerprint density at radius 1 is 0.969 bits per heavy atom. The zero-order chi connectivity index (χ0) is 22.4. The molecule has 9 heteroatoms. The van der Waals surface area contributed by atoms with Gasteiger partial charge >= 0.3 is 5.76 Å². The number of oxazole rings is 1.